The summed E-state index contributed by atoms with van der Waals surface area (Å²) in [6.45, 7) is 2.12. The van der Waals surface area contributed by atoms with Gasteiger partial charge in [0.2, 0.25) is 0 Å². The smallest absolute Gasteiger partial charge is 0.160 e. The van der Waals surface area contributed by atoms with E-state index in [4.69, 9.17) is 9.47 Å². The van der Waals surface area contributed by atoms with Crippen molar-refractivity contribution >= 4 is 5.69 Å². The molecule has 0 radical (unpaired) electrons. The molecule has 3 aromatic carbocycles. The van der Waals surface area contributed by atoms with Crippen LogP contribution >= 0.6 is 0 Å². The van der Waals surface area contributed by atoms with E-state index >= 15 is 0 Å². The molecule has 0 N–H and O–H groups in total. The van der Waals surface area contributed by atoms with E-state index in [0.29, 0.717) is 0 Å². The van der Waals surface area contributed by atoms with Crippen LogP contribution in [0.2, 0.25) is 0 Å². The van der Waals surface area contributed by atoms with Gasteiger partial charge in [-0.25, -0.2) is 0 Å². The highest BCUT2D eigenvalue weighted by Gasteiger charge is 2.23. The Kier molecular flexibility index (Phi) is 9.28. The molecule has 0 bridgehead atoms. The zero-order chi connectivity index (χ0) is 26.2. The van der Waals surface area contributed by atoms with Crippen LogP contribution in [0, 0.1) is 5.92 Å². The summed E-state index contributed by atoms with van der Waals surface area (Å²) in [5, 5.41) is 0. The number of methoxy groups -OCH3 is 2. The Morgan fingerprint density at radius 2 is 1.45 bits per heavy atom. The van der Waals surface area contributed by atoms with Gasteiger partial charge in [-0.1, -0.05) is 100 Å². The summed E-state index contributed by atoms with van der Waals surface area (Å²) >= 11 is 0. The van der Waals surface area contributed by atoms with Crippen molar-refractivity contribution in [1.29, 1.82) is 0 Å². The quantitative estimate of drug-likeness (QED) is 0.140. The van der Waals surface area contributed by atoms with Gasteiger partial charge >= 0.3 is 0 Å². The maximum absolute atomic E-state index is 5.57. The van der Waals surface area contributed by atoms with Gasteiger partial charge < -0.3 is 14.4 Å². The summed E-state index contributed by atoms with van der Waals surface area (Å²) in [4.78, 5) is 2.65. The van der Waals surface area contributed by atoms with Gasteiger partial charge in [0.15, 0.2) is 11.5 Å². The van der Waals surface area contributed by atoms with Crippen LogP contribution in [0.25, 0.3) is 11.1 Å². The number of hydrogen-bond acceptors (Lipinski definition) is 3. The Bertz CT molecular complexity index is 1180. The van der Waals surface area contributed by atoms with Gasteiger partial charge in [0.05, 0.1) is 14.2 Å². The van der Waals surface area contributed by atoms with Crippen LogP contribution in [0.3, 0.4) is 0 Å². The second-order valence-corrected chi connectivity index (χ2v) is 11.3. The fourth-order valence-corrected chi connectivity index (χ4v) is 6.12. The molecular weight excluding hydrogens is 466 g/mol. The minimum Gasteiger partial charge on any atom is -0.493 e. The molecule has 202 valence electrons. The molecule has 38 heavy (non-hydrogen) atoms. The summed E-state index contributed by atoms with van der Waals surface area (Å²) in [5.74, 6) is 2.69. The first-order chi connectivity index (χ1) is 18.8. The highest BCUT2D eigenvalue weighted by atomic mass is 16.5. The van der Waals surface area contributed by atoms with Gasteiger partial charge in [-0.05, 0) is 64.8 Å². The molecule has 0 aliphatic heterocycles. The Balaban J connectivity index is 1.22. The van der Waals surface area contributed by atoms with Crippen LogP contribution < -0.4 is 14.4 Å². The predicted molar refractivity (Wildman–Crippen MR) is 160 cm³/mol. The lowest BCUT2D eigenvalue weighted by atomic mass is 10.0. The first kappa shape index (κ1) is 26.7. The van der Waals surface area contributed by atoms with Crippen molar-refractivity contribution in [3.8, 4) is 22.6 Å². The van der Waals surface area contributed by atoms with Gasteiger partial charge in [0.1, 0.15) is 0 Å². The Morgan fingerprint density at radius 3 is 2.24 bits per heavy atom. The van der Waals surface area contributed by atoms with Crippen LogP contribution in [0.15, 0.2) is 60.7 Å². The molecule has 0 aromatic heterocycles. The molecule has 3 aromatic rings. The number of anilines is 1. The number of fused-ring (bicyclic) bond motifs is 3. The second-order valence-electron chi connectivity index (χ2n) is 11.3. The molecule has 3 nitrogen and oxygen atoms in total. The molecule has 3 heteroatoms. The van der Waals surface area contributed by atoms with E-state index in [-0.39, 0.29) is 0 Å². The van der Waals surface area contributed by atoms with Gasteiger partial charge in [0, 0.05) is 25.2 Å². The van der Waals surface area contributed by atoms with Crippen molar-refractivity contribution in [2.24, 2.45) is 5.92 Å². The zero-order valence-corrected chi connectivity index (χ0v) is 23.5. The lowest BCUT2D eigenvalue weighted by Crippen LogP contribution is -2.28. The molecule has 0 heterocycles. The molecular formula is C35H45NO2. The minimum atomic E-state index is 0.791. The van der Waals surface area contributed by atoms with Gasteiger partial charge in [-0.15, -0.1) is 0 Å². The maximum atomic E-state index is 5.57. The van der Waals surface area contributed by atoms with Crippen molar-refractivity contribution in [2.75, 3.05) is 32.2 Å². The van der Waals surface area contributed by atoms with E-state index < -0.39 is 0 Å². The highest BCUT2D eigenvalue weighted by molar-refractivity contribution is 5.82. The fraction of sp³-hybridized carbons (Fsp3) is 0.486. The number of rotatable bonds is 16. The van der Waals surface area contributed by atoms with Crippen LogP contribution in [0.5, 0.6) is 11.5 Å². The molecule has 5 rings (SSSR count). The van der Waals surface area contributed by atoms with E-state index in [9.17, 15) is 0 Å². The van der Waals surface area contributed by atoms with E-state index in [2.05, 4.69) is 59.5 Å². The van der Waals surface area contributed by atoms with E-state index in [1.807, 2.05) is 6.07 Å². The summed E-state index contributed by atoms with van der Waals surface area (Å²) < 4.78 is 11.0. The normalized spacial score (nSPS) is 13.7. The minimum absolute atomic E-state index is 0.791. The van der Waals surface area contributed by atoms with Crippen LogP contribution in [0.4, 0.5) is 5.69 Å². The van der Waals surface area contributed by atoms with E-state index in [1.165, 1.54) is 97.7 Å². The Morgan fingerprint density at radius 1 is 0.711 bits per heavy atom. The monoisotopic (exact) mass is 511 g/mol. The van der Waals surface area contributed by atoms with Gasteiger partial charge in [0.25, 0.3) is 0 Å². The molecule has 2 aliphatic carbocycles. The summed E-state index contributed by atoms with van der Waals surface area (Å²) in [7, 11) is 3.41. The number of ether oxygens (including phenoxy) is 2. The Hall–Kier alpha value is -2.94. The van der Waals surface area contributed by atoms with E-state index in [0.717, 1.165) is 43.3 Å². The van der Waals surface area contributed by atoms with E-state index in [1.54, 1.807) is 14.2 Å². The molecule has 0 atom stereocenters. The highest BCUT2D eigenvalue weighted by Crippen LogP contribution is 2.41. The Labute approximate surface area is 230 Å². The van der Waals surface area contributed by atoms with Gasteiger partial charge in [-0.3, -0.25) is 0 Å². The van der Waals surface area contributed by atoms with Gasteiger partial charge in [-0.2, -0.15) is 0 Å². The number of benzene rings is 3. The van der Waals surface area contributed by atoms with Crippen LogP contribution in [0.1, 0.15) is 80.9 Å². The first-order valence-electron chi connectivity index (χ1n) is 14.9. The number of hydrogen-bond donors (Lipinski definition) is 0. The van der Waals surface area contributed by atoms with Crippen molar-refractivity contribution < 1.29 is 9.47 Å². The van der Waals surface area contributed by atoms with Crippen LogP contribution in [-0.2, 0) is 12.8 Å². The predicted octanol–water partition coefficient (Wildman–Crippen LogP) is 8.85. The number of unbranched alkanes of at least 4 members (excludes halogenated alkanes) is 6. The standard InChI is InChI=1S/C35H45NO2/c1-37-34-21-20-28(25-35(34)38-2)22-24-36(23-11-7-5-3-4-6-8-13-27-18-19-27)33-17-12-16-31-30-15-10-9-14-29(30)26-32(31)33/h9-10,12,14-17,20-21,25,27H,3-8,11,13,18-19,22-24,26H2,1-2H3. The van der Waals surface area contributed by atoms with Crippen molar-refractivity contribution in [3.05, 3.63) is 77.4 Å². The average molecular weight is 512 g/mol. The zero-order valence-electron chi connectivity index (χ0n) is 23.5. The largest absolute Gasteiger partial charge is 0.493 e. The fourth-order valence-electron chi connectivity index (χ4n) is 6.12. The van der Waals surface area contributed by atoms with Crippen molar-refractivity contribution in [2.45, 2.75) is 77.0 Å². The lowest BCUT2D eigenvalue weighted by Gasteiger charge is -2.28. The molecule has 0 amide bonds. The summed E-state index contributed by atoms with van der Waals surface area (Å²) in [6, 6.07) is 22.1. The SMILES string of the molecule is COc1ccc(CCN(CCCCCCCCCC2CC2)c2cccc3c2Cc2ccccc2-3)cc1OC. The molecule has 0 spiro atoms. The maximum Gasteiger partial charge on any atom is 0.160 e. The molecule has 1 fully saturated rings. The second kappa shape index (κ2) is 13.2. The summed E-state index contributed by atoms with van der Waals surface area (Å²) in [6.07, 6.45) is 16.2. The first-order valence-corrected chi connectivity index (χ1v) is 14.9. The van der Waals surface area contributed by atoms with Crippen molar-refractivity contribution in [3.63, 3.8) is 0 Å². The molecule has 0 saturated heterocycles. The lowest BCUT2D eigenvalue weighted by molar-refractivity contribution is 0.354. The molecule has 1 saturated carbocycles. The molecule has 0 unspecified atom stereocenters. The third-order valence-electron chi connectivity index (χ3n) is 8.52. The third kappa shape index (κ3) is 6.73. The third-order valence-corrected chi connectivity index (χ3v) is 8.52. The number of nitrogens with zero attached hydrogens (tertiary/aromatic N) is 1. The topological polar surface area (TPSA) is 21.7 Å². The van der Waals surface area contributed by atoms with Crippen molar-refractivity contribution in [1.82, 2.24) is 0 Å². The molecule has 2 aliphatic rings. The summed E-state index contributed by atoms with van der Waals surface area (Å²) in [5.41, 5.74) is 8.48. The van der Waals surface area contributed by atoms with Crippen LogP contribution in [-0.4, -0.2) is 27.3 Å². The average Bonchev–Trinajstić information content (AvgIpc) is 3.71.